The Morgan fingerprint density at radius 3 is 2.69 bits per heavy atom. The summed E-state index contributed by atoms with van der Waals surface area (Å²) < 4.78 is 26.5. The van der Waals surface area contributed by atoms with Crippen molar-refractivity contribution in [2.75, 3.05) is 6.26 Å². The molecule has 0 aromatic rings. The van der Waals surface area contributed by atoms with Crippen LogP contribution in [0.1, 0.15) is 13.3 Å². The van der Waals surface area contributed by atoms with Crippen LogP contribution in [0.4, 0.5) is 0 Å². The standard InChI is InChI=1S/C8H14O4S/c1-6(9)7-4-3-5-8(7)12-13(2,10)11/h3-4,6-9H,5H2,1-2H3. The van der Waals surface area contributed by atoms with Gasteiger partial charge in [-0.2, -0.15) is 8.42 Å². The Bertz CT molecular complexity index is 291. The third-order valence-corrected chi connectivity index (χ3v) is 2.61. The van der Waals surface area contributed by atoms with Gasteiger partial charge < -0.3 is 5.11 Å². The van der Waals surface area contributed by atoms with Crippen LogP contribution in [0.5, 0.6) is 0 Å². The Balaban J connectivity index is 2.63. The number of rotatable bonds is 3. The van der Waals surface area contributed by atoms with Gasteiger partial charge in [0.25, 0.3) is 10.1 Å². The van der Waals surface area contributed by atoms with Crippen LogP contribution in [-0.2, 0) is 14.3 Å². The minimum atomic E-state index is -3.43. The predicted molar refractivity (Wildman–Crippen MR) is 48.6 cm³/mol. The van der Waals surface area contributed by atoms with Crippen molar-refractivity contribution in [1.29, 1.82) is 0 Å². The number of hydrogen-bond donors (Lipinski definition) is 1. The molecule has 0 amide bonds. The lowest BCUT2D eigenvalue weighted by Gasteiger charge is -2.20. The van der Waals surface area contributed by atoms with E-state index in [1.807, 2.05) is 6.08 Å². The van der Waals surface area contributed by atoms with Gasteiger partial charge in [-0.1, -0.05) is 12.2 Å². The molecule has 3 unspecified atom stereocenters. The van der Waals surface area contributed by atoms with E-state index in [1.165, 1.54) is 0 Å². The summed E-state index contributed by atoms with van der Waals surface area (Å²) in [4.78, 5) is 0. The SMILES string of the molecule is CC(O)C1C=CCC1OS(C)(=O)=O. The molecule has 13 heavy (non-hydrogen) atoms. The Morgan fingerprint density at radius 2 is 2.23 bits per heavy atom. The number of aliphatic hydroxyl groups excluding tert-OH is 1. The fraction of sp³-hybridized carbons (Fsp3) is 0.750. The Morgan fingerprint density at radius 1 is 1.62 bits per heavy atom. The molecule has 5 heteroatoms. The molecule has 0 aliphatic heterocycles. The highest BCUT2D eigenvalue weighted by Gasteiger charge is 2.30. The first-order valence-corrected chi connectivity index (χ1v) is 5.95. The first-order valence-electron chi connectivity index (χ1n) is 4.13. The van der Waals surface area contributed by atoms with Gasteiger partial charge in [-0.15, -0.1) is 0 Å². The van der Waals surface area contributed by atoms with E-state index in [2.05, 4.69) is 0 Å². The number of hydrogen-bond acceptors (Lipinski definition) is 4. The molecule has 3 atom stereocenters. The summed E-state index contributed by atoms with van der Waals surface area (Å²) >= 11 is 0. The Kier molecular flexibility index (Phi) is 3.10. The molecule has 1 aliphatic rings. The molecule has 0 aromatic heterocycles. The van der Waals surface area contributed by atoms with Gasteiger partial charge in [0.2, 0.25) is 0 Å². The van der Waals surface area contributed by atoms with Crippen LogP contribution in [0.25, 0.3) is 0 Å². The first-order chi connectivity index (χ1) is 5.90. The maximum atomic E-state index is 10.8. The minimum Gasteiger partial charge on any atom is -0.393 e. The van der Waals surface area contributed by atoms with E-state index in [1.54, 1.807) is 13.0 Å². The summed E-state index contributed by atoms with van der Waals surface area (Å²) in [5.41, 5.74) is 0. The molecule has 0 aromatic carbocycles. The quantitative estimate of drug-likeness (QED) is 0.532. The molecular formula is C8H14O4S. The van der Waals surface area contributed by atoms with E-state index < -0.39 is 22.3 Å². The molecule has 0 heterocycles. The second-order valence-corrected chi connectivity index (χ2v) is 4.92. The summed E-state index contributed by atoms with van der Waals surface area (Å²) in [6.45, 7) is 1.62. The van der Waals surface area contributed by atoms with Gasteiger partial charge in [-0.05, 0) is 13.3 Å². The molecule has 1 aliphatic carbocycles. The topological polar surface area (TPSA) is 63.6 Å². The molecule has 0 spiro atoms. The highest BCUT2D eigenvalue weighted by molar-refractivity contribution is 7.86. The molecule has 1 rings (SSSR count). The summed E-state index contributed by atoms with van der Waals surface area (Å²) in [6, 6.07) is 0. The molecule has 1 N–H and O–H groups in total. The van der Waals surface area contributed by atoms with Crippen LogP contribution in [-0.4, -0.2) is 32.0 Å². The van der Waals surface area contributed by atoms with Crippen molar-refractivity contribution < 1.29 is 17.7 Å². The van der Waals surface area contributed by atoms with Gasteiger partial charge >= 0.3 is 0 Å². The van der Waals surface area contributed by atoms with Crippen LogP contribution in [0.3, 0.4) is 0 Å². The van der Waals surface area contributed by atoms with E-state index >= 15 is 0 Å². The van der Waals surface area contributed by atoms with E-state index in [-0.39, 0.29) is 5.92 Å². The third-order valence-electron chi connectivity index (χ3n) is 2.01. The van der Waals surface area contributed by atoms with Crippen LogP contribution < -0.4 is 0 Å². The second kappa shape index (κ2) is 3.77. The van der Waals surface area contributed by atoms with Crippen molar-refractivity contribution in [2.45, 2.75) is 25.6 Å². The maximum absolute atomic E-state index is 10.8. The second-order valence-electron chi connectivity index (χ2n) is 3.32. The van der Waals surface area contributed by atoms with E-state index in [4.69, 9.17) is 4.18 Å². The highest BCUT2D eigenvalue weighted by atomic mass is 32.2. The van der Waals surface area contributed by atoms with Gasteiger partial charge in [0.15, 0.2) is 0 Å². The monoisotopic (exact) mass is 206 g/mol. The van der Waals surface area contributed by atoms with E-state index in [0.29, 0.717) is 6.42 Å². The van der Waals surface area contributed by atoms with Gasteiger partial charge in [-0.3, -0.25) is 4.18 Å². The van der Waals surface area contributed by atoms with Crippen LogP contribution in [0.15, 0.2) is 12.2 Å². The summed E-state index contributed by atoms with van der Waals surface area (Å²) in [5.74, 6) is -0.213. The largest absolute Gasteiger partial charge is 0.393 e. The molecule has 0 saturated carbocycles. The average molecular weight is 206 g/mol. The number of aliphatic hydroxyl groups is 1. The molecular weight excluding hydrogens is 192 g/mol. The van der Waals surface area contributed by atoms with Crippen LogP contribution in [0.2, 0.25) is 0 Å². The van der Waals surface area contributed by atoms with Crippen molar-refractivity contribution in [1.82, 2.24) is 0 Å². The van der Waals surface area contributed by atoms with Gasteiger partial charge in [-0.25, -0.2) is 0 Å². The first kappa shape index (κ1) is 10.7. The van der Waals surface area contributed by atoms with Crippen molar-refractivity contribution in [3.8, 4) is 0 Å². The summed E-state index contributed by atoms with van der Waals surface area (Å²) in [6.07, 6.45) is 4.17. The summed E-state index contributed by atoms with van der Waals surface area (Å²) in [5, 5.41) is 9.29. The Labute approximate surface area is 78.3 Å². The fourth-order valence-electron chi connectivity index (χ4n) is 1.45. The van der Waals surface area contributed by atoms with Crippen molar-refractivity contribution in [3.63, 3.8) is 0 Å². The maximum Gasteiger partial charge on any atom is 0.264 e. The average Bonchev–Trinajstić information content (AvgIpc) is 2.31. The molecule has 0 bridgehead atoms. The third kappa shape index (κ3) is 3.10. The molecule has 4 nitrogen and oxygen atoms in total. The minimum absolute atomic E-state index is 0.213. The van der Waals surface area contributed by atoms with Gasteiger partial charge in [0.05, 0.1) is 18.5 Å². The molecule has 0 saturated heterocycles. The lowest BCUT2D eigenvalue weighted by Crippen LogP contribution is -2.29. The zero-order chi connectivity index (χ0) is 10.1. The van der Waals surface area contributed by atoms with Gasteiger partial charge in [0.1, 0.15) is 0 Å². The van der Waals surface area contributed by atoms with Crippen molar-refractivity contribution in [3.05, 3.63) is 12.2 Å². The van der Waals surface area contributed by atoms with Crippen molar-refractivity contribution in [2.24, 2.45) is 5.92 Å². The highest BCUT2D eigenvalue weighted by Crippen LogP contribution is 2.25. The van der Waals surface area contributed by atoms with Crippen LogP contribution in [0, 0.1) is 5.92 Å². The normalized spacial score (nSPS) is 30.7. The zero-order valence-corrected chi connectivity index (χ0v) is 8.49. The molecule has 0 radical (unpaired) electrons. The van der Waals surface area contributed by atoms with E-state index in [9.17, 15) is 13.5 Å². The van der Waals surface area contributed by atoms with Crippen LogP contribution >= 0.6 is 0 Å². The van der Waals surface area contributed by atoms with Crippen molar-refractivity contribution >= 4 is 10.1 Å². The lowest BCUT2D eigenvalue weighted by molar-refractivity contribution is 0.0749. The lowest BCUT2D eigenvalue weighted by atomic mass is 10.0. The zero-order valence-electron chi connectivity index (χ0n) is 7.67. The smallest absolute Gasteiger partial charge is 0.264 e. The Hall–Kier alpha value is -0.390. The predicted octanol–water partition coefficient (Wildman–Crippen LogP) is 0.288. The molecule has 0 fully saturated rings. The van der Waals surface area contributed by atoms with E-state index in [0.717, 1.165) is 6.26 Å². The van der Waals surface area contributed by atoms with Gasteiger partial charge in [0, 0.05) is 5.92 Å². The fourth-order valence-corrected chi connectivity index (χ4v) is 2.11. The summed E-state index contributed by atoms with van der Waals surface area (Å²) in [7, 11) is -3.43. The molecule has 76 valence electrons.